The van der Waals surface area contributed by atoms with E-state index >= 15 is 0 Å². The number of aromatic amines is 1. The molecule has 190 valence electrons. The van der Waals surface area contributed by atoms with E-state index in [9.17, 15) is 14.4 Å². The van der Waals surface area contributed by atoms with Crippen LogP contribution in [0.4, 0.5) is 11.5 Å². The Morgan fingerprint density at radius 3 is 2.50 bits per heavy atom. The predicted molar refractivity (Wildman–Crippen MR) is 140 cm³/mol. The third kappa shape index (κ3) is 5.36. The van der Waals surface area contributed by atoms with Gasteiger partial charge in [-0.3, -0.25) is 24.0 Å². The first-order chi connectivity index (χ1) is 17.4. The Balaban J connectivity index is 1.57. The van der Waals surface area contributed by atoms with Gasteiger partial charge in [0.25, 0.3) is 5.56 Å². The van der Waals surface area contributed by atoms with Crippen LogP contribution in [0.2, 0.25) is 0 Å². The molecule has 4 rings (SSSR count). The van der Waals surface area contributed by atoms with E-state index in [1.54, 1.807) is 6.92 Å². The minimum absolute atomic E-state index is 0.00912. The molecule has 0 saturated carbocycles. The maximum absolute atomic E-state index is 13.5. The van der Waals surface area contributed by atoms with Gasteiger partial charge in [-0.25, -0.2) is 4.79 Å². The van der Waals surface area contributed by atoms with Crippen molar-refractivity contribution in [1.82, 2.24) is 14.5 Å². The van der Waals surface area contributed by atoms with E-state index in [1.165, 1.54) is 9.47 Å². The van der Waals surface area contributed by atoms with Crippen LogP contribution in [-0.4, -0.2) is 46.6 Å². The molecule has 0 radical (unpaired) electrons. The van der Waals surface area contributed by atoms with Gasteiger partial charge in [-0.05, 0) is 56.5 Å². The van der Waals surface area contributed by atoms with Crippen molar-refractivity contribution in [2.24, 2.45) is 0 Å². The molecule has 1 amide bonds. The van der Waals surface area contributed by atoms with Gasteiger partial charge >= 0.3 is 5.69 Å². The summed E-state index contributed by atoms with van der Waals surface area (Å²) in [7, 11) is 0. The molecule has 1 aliphatic heterocycles. The monoisotopic (exact) mass is 491 g/mol. The molecule has 3 N–H and O–H groups in total. The van der Waals surface area contributed by atoms with Crippen molar-refractivity contribution in [3.05, 3.63) is 86.6 Å². The van der Waals surface area contributed by atoms with Crippen molar-refractivity contribution in [3.8, 4) is 5.75 Å². The van der Waals surface area contributed by atoms with Gasteiger partial charge in [0.1, 0.15) is 11.6 Å². The molecular weight excluding hydrogens is 458 g/mol. The van der Waals surface area contributed by atoms with E-state index in [0.717, 1.165) is 36.3 Å². The van der Waals surface area contributed by atoms with Crippen LogP contribution in [0.3, 0.4) is 0 Å². The average Bonchev–Trinajstić information content (AvgIpc) is 3.33. The molecule has 3 aromatic rings. The molecule has 9 heteroatoms. The highest BCUT2D eigenvalue weighted by Gasteiger charge is 2.31. The Hall–Kier alpha value is -3.85. The van der Waals surface area contributed by atoms with Gasteiger partial charge in [0.2, 0.25) is 5.91 Å². The Morgan fingerprint density at radius 2 is 1.83 bits per heavy atom. The maximum atomic E-state index is 13.5. The van der Waals surface area contributed by atoms with Crippen molar-refractivity contribution < 1.29 is 9.53 Å². The lowest BCUT2D eigenvalue weighted by molar-refractivity contribution is -0.120. The molecule has 1 atom stereocenters. The van der Waals surface area contributed by atoms with Crippen LogP contribution in [0.5, 0.6) is 5.75 Å². The van der Waals surface area contributed by atoms with E-state index in [1.807, 2.05) is 61.5 Å². The lowest BCUT2D eigenvalue weighted by Gasteiger charge is -2.28. The van der Waals surface area contributed by atoms with Gasteiger partial charge in [-0.15, -0.1) is 0 Å². The lowest BCUT2D eigenvalue weighted by Crippen LogP contribution is -2.45. The zero-order valence-corrected chi connectivity index (χ0v) is 20.8. The van der Waals surface area contributed by atoms with E-state index in [4.69, 9.17) is 10.5 Å². The molecule has 1 aliphatic rings. The smallest absolute Gasteiger partial charge is 0.330 e. The fourth-order valence-corrected chi connectivity index (χ4v) is 4.83. The molecule has 1 aromatic heterocycles. The lowest BCUT2D eigenvalue weighted by atomic mass is 10.0. The standard InChI is InChI=1S/C27H33N5O4/c1-3-31(24-25(28)32(27(35)29-26(24)34)17-19-9-6-5-7-10-19)23(33)18-30-16-8-11-22(30)20-12-14-21(15-13-20)36-4-2/h5-7,9-10,12-15,22H,3-4,8,11,16-18,28H2,1-2H3,(H,29,34,35). The zero-order valence-electron chi connectivity index (χ0n) is 20.8. The second-order valence-corrected chi connectivity index (χ2v) is 8.83. The van der Waals surface area contributed by atoms with E-state index < -0.39 is 11.2 Å². The highest BCUT2D eigenvalue weighted by molar-refractivity contribution is 5.96. The van der Waals surface area contributed by atoms with Gasteiger partial charge < -0.3 is 15.4 Å². The number of hydrogen-bond donors (Lipinski definition) is 2. The molecule has 0 spiro atoms. The van der Waals surface area contributed by atoms with E-state index in [2.05, 4.69) is 9.88 Å². The first-order valence-electron chi connectivity index (χ1n) is 12.4. The van der Waals surface area contributed by atoms with Crippen LogP contribution in [0.1, 0.15) is 43.9 Å². The number of nitrogen functional groups attached to an aromatic ring is 1. The first kappa shape index (κ1) is 25.2. The summed E-state index contributed by atoms with van der Waals surface area (Å²) in [5.74, 6) is 0.559. The van der Waals surface area contributed by atoms with Crippen LogP contribution < -0.4 is 26.6 Å². The fourth-order valence-electron chi connectivity index (χ4n) is 4.83. The number of nitrogens with one attached hydrogen (secondary N) is 1. The summed E-state index contributed by atoms with van der Waals surface area (Å²) in [6.07, 6.45) is 1.92. The number of hydrogen-bond acceptors (Lipinski definition) is 6. The molecule has 2 heterocycles. The van der Waals surface area contributed by atoms with Gasteiger partial charge in [-0.1, -0.05) is 42.5 Å². The molecule has 1 saturated heterocycles. The summed E-state index contributed by atoms with van der Waals surface area (Å²) in [5, 5.41) is 0. The number of ether oxygens (including phenoxy) is 1. The van der Waals surface area contributed by atoms with Crippen molar-refractivity contribution >= 4 is 17.4 Å². The Morgan fingerprint density at radius 1 is 1.11 bits per heavy atom. The molecule has 36 heavy (non-hydrogen) atoms. The number of aromatic nitrogens is 2. The number of carbonyl (C=O) groups is 1. The zero-order chi connectivity index (χ0) is 25.7. The second-order valence-electron chi connectivity index (χ2n) is 8.83. The van der Waals surface area contributed by atoms with Crippen LogP contribution in [0.25, 0.3) is 0 Å². The van der Waals surface area contributed by atoms with Crippen LogP contribution in [-0.2, 0) is 11.3 Å². The fraction of sp³-hybridized carbons (Fsp3) is 0.370. The minimum atomic E-state index is -0.665. The van der Waals surface area contributed by atoms with Gasteiger partial charge in [0.05, 0.1) is 19.7 Å². The number of rotatable bonds is 9. The number of benzene rings is 2. The first-order valence-corrected chi connectivity index (χ1v) is 12.4. The summed E-state index contributed by atoms with van der Waals surface area (Å²) < 4.78 is 6.84. The number of likely N-dealkylation sites (N-methyl/N-ethyl adjacent to an activating group) is 1. The van der Waals surface area contributed by atoms with Gasteiger partial charge in [0.15, 0.2) is 5.69 Å². The largest absolute Gasteiger partial charge is 0.494 e. The quantitative estimate of drug-likeness (QED) is 0.476. The maximum Gasteiger partial charge on any atom is 0.330 e. The van der Waals surface area contributed by atoms with Gasteiger partial charge in [-0.2, -0.15) is 0 Å². The molecule has 9 nitrogen and oxygen atoms in total. The SMILES string of the molecule is CCOc1ccc(C2CCCN2CC(=O)N(CC)c2c(N)n(Cc3ccccc3)c(=O)[nH]c2=O)cc1. The average molecular weight is 492 g/mol. The number of H-pyrrole nitrogens is 1. The molecule has 1 fully saturated rings. The number of nitrogens with two attached hydrogens (primary N) is 1. The van der Waals surface area contributed by atoms with Crippen LogP contribution >= 0.6 is 0 Å². The number of carbonyl (C=O) groups excluding carboxylic acids is 1. The second kappa shape index (κ2) is 11.3. The Labute approximate surface area is 210 Å². The normalized spacial score (nSPS) is 15.7. The third-order valence-electron chi connectivity index (χ3n) is 6.56. The summed E-state index contributed by atoms with van der Waals surface area (Å²) >= 11 is 0. The highest BCUT2D eigenvalue weighted by Crippen LogP contribution is 2.33. The minimum Gasteiger partial charge on any atom is -0.494 e. The van der Waals surface area contributed by atoms with Crippen molar-refractivity contribution in [2.75, 3.05) is 36.9 Å². The third-order valence-corrected chi connectivity index (χ3v) is 6.56. The topological polar surface area (TPSA) is 114 Å². The van der Waals surface area contributed by atoms with Crippen molar-refractivity contribution in [2.45, 2.75) is 39.3 Å². The predicted octanol–water partition coefficient (Wildman–Crippen LogP) is 2.76. The van der Waals surface area contributed by atoms with Crippen LogP contribution in [0.15, 0.2) is 64.2 Å². The highest BCUT2D eigenvalue weighted by atomic mass is 16.5. The Kier molecular flexibility index (Phi) is 7.90. The van der Waals surface area contributed by atoms with Crippen molar-refractivity contribution in [1.29, 1.82) is 0 Å². The summed E-state index contributed by atoms with van der Waals surface area (Å²) in [6.45, 7) is 5.70. The number of anilines is 2. The Bertz CT molecular complexity index is 1300. The van der Waals surface area contributed by atoms with Crippen LogP contribution in [0, 0.1) is 0 Å². The number of nitrogens with zero attached hydrogens (tertiary/aromatic N) is 3. The van der Waals surface area contributed by atoms with E-state index in [-0.39, 0.29) is 43.1 Å². The molecule has 1 unspecified atom stereocenters. The van der Waals surface area contributed by atoms with Gasteiger partial charge in [0, 0.05) is 12.6 Å². The summed E-state index contributed by atoms with van der Waals surface area (Å²) in [5.41, 5.74) is 7.05. The van der Waals surface area contributed by atoms with E-state index in [0.29, 0.717) is 6.61 Å². The molecular formula is C27H33N5O4. The number of likely N-dealkylation sites (tertiary alicyclic amines) is 1. The number of amides is 1. The molecule has 2 aromatic carbocycles. The summed E-state index contributed by atoms with van der Waals surface area (Å²) in [6, 6.07) is 17.4. The van der Waals surface area contributed by atoms with Crippen molar-refractivity contribution in [3.63, 3.8) is 0 Å². The summed E-state index contributed by atoms with van der Waals surface area (Å²) in [4.78, 5) is 44.7. The molecule has 0 bridgehead atoms. The molecule has 0 aliphatic carbocycles.